The van der Waals surface area contributed by atoms with Gasteiger partial charge >= 0.3 is 13.3 Å². The summed E-state index contributed by atoms with van der Waals surface area (Å²) in [6.45, 7) is 0. The molecule has 0 saturated carbocycles. The third-order valence-electron chi connectivity index (χ3n) is 5.62. The van der Waals surface area contributed by atoms with Gasteiger partial charge in [0.2, 0.25) is 0 Å². The van der Waals surface area contributed by atoms with Crippen LogP contribution in [-0.2, 0) is 16.6 Å². The van der Waals surface area contributed by atoms with Crippen LogP contribution in [0.5, 0.6) is 0 Å². The molecule has 0 aliphatic heterocycles. The van der Waals surface area contributed by atoms with E-state index in [1.165, 1.54) is 12.1 Å². The molecule has 0 aliphatic carbocycles. The summed E-state index contributed by atoms with van der Waals surface area (Å²) in [5, 5.41) is 2.13. The standard InChI is InChI=1S/C26H23BrF2NO3PS/c27-23-17-18(7-5-6-16-35-25-15-13-19-8-1-4-11-24(19)30-25)12-14-21(23)20-9-2-3-10-22(20)26(28,29)34(31,32)33/h1-4,8-15,17H,5-7,16H2,(H2,31,32,33). The fourth-order valence-electron chi connectivity index (χ4n) is 3.81. The molecule has 0 spiro atoms. The van der Waals surface area contributed by atoms with Crippen molar-refractivity contribution in [1.29, 1.82) is 0 Å². The number of pyridine rings is 1. The lowest BCUT2D eigenvalue weighted by Gasteiger charge is -2.21. The lowest BCUT2D eigenvalue weighted by Crippen LogP contribution is -2.15. The van der Waals surface area contributed by atoms with E-state index in [2.05, 4.69) is 27.0 Å². The van der Waals surface area contributed by atoms with Gasteiger partial charge in [0.15, 0.2) is 0 Å². The number of hydrogen-bond donors (Lipinski definition) is 2. The van der Waals surface area contributed by atoms with Crippen LogP contribution in [0.25, 0.3) is 22.0 Å². The Labute approximate surface area is 215 Å². The smallest absolute Gasteiger partial charge is 0.320 e. The maximum absolute atomic E-state index is 14.5. The zero-order valence-electron chi connectivity index (χ0n) is 18.6. The van der Waals surface area contributed by atoms with Crippen molar-refractivity contribution in [3.63, 3.8) is 0 Å². The molecule has 2 N–H and O–H groups in total. The number of halogens is 3. The molecule has 0 unspecified atom stereocenters. The highest BCUT2D eigenvalue weighted by molar-refractivity contribution is 9.10. The van der Waals surface area contributed by atoms with Gasteiger partial charge in [-0.1, -0.05) is 76.6 Å². The number of fused-ring (bicyclic) bond motifs is 1. The molecule has 0 aliphatic rings. The van der Waals surface area contributed by atoms with Crippen molar-refractivity contribution in [2.24, 2.45) is 0 Å². The quantitative estimate of drug-likeness (QED) is 0.120. The van der Waals surface area contributed by atoms with Crippen molar-refractivity contribution >= 4 is 46.2 Å². The molecule has 0 amide bonds. The van der Waals surface area contributed by atoms with E-state index in [9.17, 15) is 23.1 Å². The highest BCUT2D eigenvalue weighted by Crippen LogP contribution is 2.60. The van der Waals surface area contributed by atoms with Crippen molar-refractivity contribution in [2.75, 3.05) is 5.75 Å². The van der Waals surface area contributed by atoms with E-state index in [4.69, 9.17) is 0 Å². The SMILES string of the molecule is O=P(O)(O)C(F)(F)c1ccccc1-c1ccc(CCCCSc2ccc3ccccc3n2)cc1Br. The fraction of sp³-hybridized carbons (Fsp3) is 0.192. The topological polar surface area (TPSA) is 70.4 Å². The van der Waals surface area contributed by atoms with Gasteiger partial charge in [0.25, 0.3) is 0 Å². The van der Waals surface area contributed by atoms with E-state index >= 15 is 0 Å². The Morgan fingerprint density at radius 2 is 1.66 bits per heavy atom. The van der Waals surface area contributed by atoms with E-state index in [1.807, 2.05) is 42.5 Å². The summed E-state index contributed by atoms with van der Waals surface area (Å²) < 4.78 is 41.0. The lowest BCUT2D eigenvalue weighted by atomic mass is 9.97. The highest BCUT2D eigenvalue weighted by atomic mass is 79.9. The van der Waals surface area contributed by atoms with E-state index < -0.39 is 18.8 Å². The molecule has 9 heteroatoms. The predicted octanol–water partition coefficient (Wildman–Crippen LogP) is 8.01. The summed E-state index contributed by atoms with van der Waals surface area (Å²) >= 11 is 5.18. The first-order chi connectivity index (χ1) is 16.7. The van der Waals surface area contributed by atoms with Crippen LogP contribution in [0.4, 0.5) is 8.78 Å². The molecule has 182 valence electrons. The molecule has 4 nitrogen and oxygen atoms in total. The van der Waals surface area contributed by atoms with Gasteiger partial charge in [-0.25, -0.2) is 4.98 Å². The summed E-state index contributed by atoms with van der Waals surface area (Å²) in [5.74, 6) is 0.940. The van der Waals surface area contributed by atoms with Crippen molar-refractivity contribution in [2.45, 2.75) is 30.0 Å². The van der Waals surface area contributed by atoms with Gasteiger partial charge in [0, 0.05) is 15.4 Å². The highest BCUT2D eigenvalue weighted by Gasteiger charge is 2.51. The summed E-state index contributed by atoms with van der Waals surface area (Å²) in [6, 6.07) is 23.0. The molecule has 0 saturated heterocycles. The molecule has 3 aromatic carbocycles. The second-order valence-electron chi connectivity index (χ2n) is 8.09. The molecule has 35 heavy (non-hydrogen) atoms. The van der Waals surface area contributed by atoms with E-state index in [0.717, 1.165) is 52.6 Å². The van der Waals surface area contributed by atoms with Crippen LogP contribution in [0.1, 0.15) is 24.0 Å². The minimum atomic E-state index is -5.67. The number of aromatic nitrogens is 1. The number of para-hydroxylation sites is 1. The second-order valence-corrected chi connectivity index (χ2v) is 11.7. The molecular weight excluding hydrogens is 555 g/mol. The summed E-state index contributed by atoms with van der Waals surface area (Å²) in [7, 11) is -5.67. The predicted molar refractivity (Wildman–Crippen MR) is 141 cm³/mol. The number of rotatable bonds is 9. The minimum Gasteiger partial charge on any atom is -0.320 e. The summed E-state index contributed by atoms with van der Waals surface area (Å²) in [6.07, 6.45) is 2.78. The minimum absolute atomic E-state index is 0.0820. The first kappa shape index (κ1) is 26.0. The number of nitrogens with zero attached hydrogens (tertiary/aromatic N) is 1. The Kier molecular flexibility index (Phi) is 8.09. The van der Waals surface area contributed by atoms with Crippen LogP contribution in [0.15, 0.2) is 88.4 Å². The third-order valence-corrected chi connectivity index (χ3v) is 8.27. The maximum Gasteiger partial charge on any atom is 0.399 e. The Balaban J connectivity index is 1.38. The zero-order valence-corrected chi connectivity index (χ0v) is 21.9. The number of benzene rings is 3. The van der Waals surface area contributed by atoms with Gasteiger partial charge in [-0.05, 0) is 59.9 Å². The molecule has 0 fully saturated rings. The largest absolute Gasteiger partial charge is 0.399 e. The summed E-state index contributed by atoms with van der Waals surface area (Å²) in [4.78, 5) is 23.1. The normalized spacial score (nSPS) is 12.3. The Morgan fingerprint density at radius 3 is 2.43 bits per heavy atom. The van der Waals surface area contributed by atoms with Gasteiger partial charge in [0.05, 0.1) is 10.5 Å². The number of thioether (sulfide) groups is 1. The molecule has 1 heterocycles. The van der Waals surface area contributed by atoms with Crippen LogP contribution in [0.3, 0.4) is 0 Å². The summed E-state index contributed by atoms with van der Waals surface area (Å²) in [5.41, 5.74) is -2.40. The van der Waals surface area contributed by atoms with Gasteiger partial charge in [-0.2, -0.15) is 8.78 Å². The monoisotopic (exact) mass is 577 g/mol. The molecule has 0 radical (unpaired) electrons. The lowest BCUT2D eigenvalue weighted by molar-refractivity contribution is 0.0570. The average molecular weight is 578 g/mol. The van der Waals surface area contributed by atoms with E-state index in [1.54, 1.807) is 23.9 Å². The van der Waals surface area contributed by atoms with Gasteiger partial charge < -0.3 is 9.79 Å². The van der Waals surface area contributed by atoms with Crippen molar-refractivity contribution < 1.29 is 23.1 Å². The number of unbranched alkanes of at least 4 members (excludes halogenated alkanes) is 1. The first-order valence-corrected chi connectivity index (χ1v) is 14.4. The molecule has 0 bridgehead atoms. The van der Waals surface area contributed by atoms with Crippen LogP contribution in [0, 0.1) is 0 Å². The van der Waals surface area contributed by atoms with Crippen LogP contribution < -0.4 is 0 Å². The first-order valence-electron chi connectivity index (χ1n) is 11.0. The maximum atomic E-state index is 14.5. The Bertz CT molecular complexity index is 1400. The second kappa shape index (κ2) is 10.9. The Morgan fingerprint density at radius 1 is 0.914 bits per heavy atom. The van der Waals surface area contributed by atoms with Crippen molar-refractivity contribution in [3.8, 4) is 11.1 Å². The molecular formula is C26H23BrF2NO3PS. The average Bonchev–Trinajstić information content (AvgIpc) is 2.83. The zero-order chi connectivity index (χ0) is 25.1. The van der Waals surface area contributed by atoms with E-state index in [0.29, 0.717) is 10.0 Å². The molecule has 4 aromatic rings. The van der Waals surface area contributed by atoms with Gasteiger partial charge in [-0.3, -0.25) is 4.57 Å². The van der Waals surface area contributed by atoms with Crippen LogP contribution >= 0.6 is 35.3 Å². The van der Waals surface area contributed by atoms with E-state index in [-0.39, 0.29) is 5.56 Å². The molecule has 0 atom stereocenters. The van der Waals surface area contributed by atoms with Crippen LogP contribution in [0.2, 0.25) is 0 Å². The van der Waals surface area contributed by atoms with Crippen LogP contribution in [-0.4, -0.2) is 20.5 Å². The third kappa shape index (κ3) is 6.01. The number of aryl methyl sites for hydroxylation is 1. The van der Waals surface area contributed by atoms with Crippen molar-refractivity contribution in [1.82, 2.24) is 4.98 Å². The fourth-order valence-corrected chi connectivity index (χ4v) is 5.84. The number of alkyl halides is 2. The molecule has 4 rings (SSSR count). The number of hydrogen-bond acceptors (Lipinski definition) is 3. The Hall–Kier alpha value is -2.09. The van der Waals surface area contributed by atoms with Gasteiger partial charge in [0.1, 0.15) is 0 Å². The van der Waals surface area contributed by atoms with Crippen molar-refractivity contribution in [3.05, 3.63) is 94.5 Å². The van der Waals surface area contributed by atoms with Gasteiger partial charge in [-0.15, -0.1) is 11.8 Å². The molecule has 1 aromatic heterocycles.